The number of fused-ring (bicyclic) bond motifs is 1. The molecule has 0 radical (unpaired) electrons. The Balaban J connectivity index is 1.29. The van der Waals surface area contributed by atoms with E-state index in [2.05, 4.69) is 41.5 Å². The Morgan fingerprint density at radius 1 is 1.24 bits per heavy atom. The first-order valence-electron chi connectivity index (χ1n) is 14.3. The lowest BCUT2D eigenvalue weighted by molar-refractivity contribution is -0.153. The molecule has 2 aliphatic rings. The van der Waals surface area contributed by atoms with Gasteiger partial charge in [-0.3, -0.25) is 9.20 Å². The SMILES string of the molecule is CCc1nc2c(C)cc(N3CCC4(CC3)CN(C(=O)[C@H](C)O)C4)cn2c1N(C)c1nc(-c2ccc(F)cc2)c(C#N)s1. The average Bonchev–Trinajstić information content (AvgIpc) is 3.58. The van der Waals surface area contributed by atoms with Gasteiger partial charge in [-0.05, 0) is 69.0 Å². The lowest BCUT2D eigenvalue weighted by atomic mass is 9.71. The van der Waals surface area contributed by atoms with Crippen molar-refractivity contribution >= 4 is 39.5 Å². The molecule has 9 nitrogen and oxygen atoms in total. The Morgan fingerprint density at radius 3 is 2.55 bits per heavy atom. The van der Waals surface area contributed by atoms with Gasteiger partial charge in [0.25, 0.3) is 5.91 Å². The number of nitriles is 1. The van der Waals surface area contributed by atoms with Crippen molar-refractivity contribution in [1.29, 1.82) is 5.26 Å². The van der Waals surface area contributed by atoms with Crippen molar-refractivity contribution in [2.75, 3.05) is 43.0 Å². The smallest absolute Gasteiger partial charge is 0.251 e. The van der Waals surface area contributed by atoms with Gasteiger partial charge < -0.3 is 19.8 Å². The molecule has 1 aromatic carbocycles. The molecule has 2 aliphatic heterocycles. The zero-order chi connectivity index (χ0) is 29.8. The third-order valence-electron chi connectivity index (χ3n) is 8.62. The molecule has 2 saturated heterocycles. The number of anilines is 3. The summed E-state index contributed by atoms with van der Waals surface area (Å²) in [6, 6.07) is 10.5. The normalized spacial score (nSPS) is 16.9. The maximum absolute atomic E-state index is 13.5. The van der Waals surface area contributed by atoms with Crippen molar-refractivity contribution < 1.29 is 14.3 Å². The van der Waals surface area contributed by atoms with Crippen LogP contribution < -0.4 is 9.80 Å². The molecule has 11 heteroatoms. The number of likely N-dealkylation sites (tertiary alicyclic amines) is 1. The highest BCUT2D eigenvalue weighted by Gasteiger charge is 2.47. The van der Waals surface area contributed by atoms with Crippen molar-refractivity contribution in [3.63, 3.8) is 0 Å². The zero-order valence-corrected chi connectivity index (χ0v) is 25.1. The summed E-state index contributed by atoms with van der Waals surface area (Å²) in [5.41, 5.74) is 5.39. The number of carbonyl (C=O) groups is 1. The van der Waals surface area contributed by atoms with E-state index in [1.807, 2.05) is 11.9 Å². The van der Waals surface area contributed by atoms with E-state index in [9.17, 15) is 19.6 Å². The van der Waals surface area contributed by atoms with Gasteiger partial charge >= 0.3 is 0 Å². The van der Waals surface area contributed by atoms with Gasteiger partial charge in [0.1, 0.15) is 40.0 Å². The van der Waals surface area contributed by atoms with E-state index in [4.69, 9.17) is 9.97 Å². The van der Waals surface area contributed by atoms with Crippen LogP contribution in [0, 0.1) is 29.5 Å². The van der Waals surface area contributed by atoms with E-state index in [0.29, 0.717) is 21.3 Å². The fourth-order valence-electron chi connectivity index (χ4n) is 6.25. The first kappa shape index (κ1) is 28.1. The summed E-state index contributed by atoms with van der Waals surface area (Å²) >= 11 is 1.31. The molecule has 1 atom stereocenters. The molecule has 2 fully saturated rings. The predicted molar refractivity (Wildman–Crippen MR) is 162 cm³/mol. The molecule has 0 aliphatic carbocycles. The number of amides is 1. The van der Waals surface area contributed by atoms with Crippen LogP contribution in [-0.4, -0.2) is 69.6 Å². The minimum absolute atomic E-state index is 0.140. The Kier molecular flexibility index (Phi) is 7.15. The van der Waals surface area contributed by atoms with Crippen LogP contribution in [-0.2, 0) is 11.2 Å². The van der Waals surface area contributed by atoms with Crippen molar-refractivity contribution in [3.8, 4) is 17.3 Å². The minimum atomic E-state index is -0.946. The number of pyridine rings is 1. The quantitative estimate of drug-likeness (QED) is 0.342. The third-order valence-corrected chi connectivity index (χ3v) is 9.66. The zero-order valence-electron chi connectivity index (χ0n) is 24.3. The number of nitrogens with zero attached hydrogens (tertiary/aromatic N) is 7. The van der Waals surface area contributed by atoms with E-state index in [1.54, 1.807) is 17.0 Å². The number of carbonyl (C=O) groups excluding carboxylic acids is 1. The van der Waals surface area contributed by atoms with Crippen LogP contribution in [0.15, 0.2) is 36.5 Å². The molecule has 1 amide bonds. The van der Waals surface area contributed by atoms with Crippen LogP contribution in [0.3, 0.4) is 0 Å². The number of hydrogen-bond donors (Lipinski definition) is 1. The molecular weight excluding hydrogens is 553 g/mol. The Labute approximate surface area is 248 Å². The predicted octanol–water partition coefficient (Wildman–Crippen LogP) is 4.92. The van der Waals surface area contributed by atoms with Crippen molar-refractivity contribution in [2.45, 2.75) is 46.1 Å². The van der Waals surface area contributed by atoms with Gasteiger partial charge in [0.2, 0.25) is 0 Å². The number of benzene rings is 1. The number of aliphatic hydroxyl groups is 1. The molecular formula is C31H34FN7O2S. The van der Waals surface area contributed by atoms with Crippen LogP contribution in [0.25, 0.3) is 16.9 Å². The summed E-state index contributed by atoms with van der Waals surface area (Å²) in [6.45, 7) is 8.91. The maximum Gasteiger partial charge on any atom is 0.251 e. The summed E-state index contributed by atoms with van der Waals surface area (Å²) in [6.07, 6.45) is 3.91. The maximum atomic E-state index is 13.5. The van der Waals surface area contributed by atoms with Crippen LogP contribution in [0.1, 0.15) is 42.8 Å². The monoisotopic (exact) mass is 587 g/mol. The fourth-order valence-corrected chi connectivity index (χ4v) is 7.10. The minimum Gasteiger partial charge on any atom is -0.384 e. The second kappa shape index (κ2) is 10.7. The lowest BCUT2D eigenvalue weighted by Gasteiger charge is -2.54. The number of aromatic nitrogens is 3. The van der Waals surface area contributed by atoms with Gasteiger partial charge in [0, 0.05) is 50.4 Å². The largest absolute Gasteiger partial charge is 0.384 e. The topological polar surface area (TPSA) is 101 Å². The highest BCUT2D eigenvalue weighted by molar-refractivity contribution is 7.16. The first-order chi connectivity index (χ1) is 20.1. The van der Waals surface area contributed by atoms with E-state index < -0.39 is 6.10 Å². The molecule has 0 unspecified atom stereocenters. The molecule has 42 heavy (non-hydrogen) atoms. The van der Waals surface area contributed by atoms with Gasteiger partial charge in [0.15, 0.2) is 5.13 Å². The molecule has 5 heterocycles. The molecule has 1 spiro atoms. The third kappa shape index (κ3) is 4.78. The highest BCUT2D eigenvalue weighted by atomic mass is 32.1. The summed E-state index contributed by atoms with van der Waals surface area (Å²) in [5.74, 6) is 0.389. The molecule has 0 bridgehead atoms. The average molecular weight is 588 g/mol. The fraction of sp³-hybridized carbons (Fsp3) is 0.419. The van der Waals surface area contributed by atoms with E-state index in [0.717, 1.165) is 73.9 Å². The van der Waals surface area contributed by atoms with Gasteiger partial charge in [-0.2, -0.15) is 5.26 Å². The summed E-state index contributed by atoms with van der Waals surface area (Å²) in [7, 11) is 1.95. The van der Waals surface area contributed by atoms with Gasteiger partial charge in [-0.1, -0.05) is 18.3 Å². The number of imidazole rings is 1. The number of halogens is 1. The Hall–Kier alpha value is -4.01. The number of aliphatic hydroxyl groups excluding tert-OH is 1. The van der Waals surface area contributed by atoms with Crippen LogP contribution in [0.2, 0.25) is 0 Å². The van der Waals surface area contributed by atoms with E-state index in [1.165, 1.54) is 30.4 Å². The second-order valence-corrected chi connectivity index (χ2v) is 12.5. The van der Waals surface area contributed by atoms with E-state index in [-0.39, 0.29) is 17.1 Å². The molecule has 1 N–H and O–H groups in total. The molecule has 6 rings (SSSR count). The Morgan fingerprint density at radius 2 is 1.93 bits per heavy atom. The number of aryl methyl sites for hydroxylation is 2. The molecule has 218 valence electrons. The summed E-state index contributed by atoms with van der Waals surface area (Å²) in [5, 5.41) is 20.2. The van der Waals surface area contributed by atoms with Crippen LogP contribution >= 0.6 is 11.3 Å². The molecule has 0 saturated carbocycles. The first-order valence-corrected chi connectivity index (χ1v) is 15.1. The number of rotatable bonds is 6. The second-order valence-electron chi connectivity index (χ2n) is 11.5. The number of thiazole rings is 1. The van der Waals surface area contributed by atoms with Crippen LogP contribution in [0.5, 0.6) is 0 Å². The highest BCUT2D eigenvalue weighted by Crippen LogP contribution is 2.42. The van der Waals surface area contributed by atoms with E-state index >= 15 is 0 Å². The van der Waals surface area contributed by atoms with Gasteiger partial charge in [-0.25, -0.2) is 14.4 Å². The van der Waals surface area contributed by atoms with Crippen LogP contribution in [0.4, 0.5) is 21.0 Å². The van der Waals surface area contributed by atoms with Crippen molar-refractivity contribution in [1.82, 2.24) is 19.3 Å². The lowest BCUT2D eigenvalue weighted by Crippen LogP contribution is -2.63. The molecule has 3 aromatic heterocycles. The summed E-state index contributed by atoms with van der Waals surface area (Å²) < 4.78 is 15.7. The van der Waals surface area contributed by atoms with Crippen molar-refractivity contribution in [2.24, 2.45) is 5.41 Å². The standard InChI is InChI=1S/C31H34FN7O2S/c1-5-24-28(36(4)30-35-26(25(15-33)42-30)21-6-8-22(32)9-7-21)39-16-23(14-19(2)27(39)34-24)37-12-10-31(11-13-37)17-38(18-31)29(41)20(3)40/h6-9,14,16,20,40H,5,10-13,17-18H2,1-4H3/t20-/m0/s1. The number of piperidine rings is 1. The Bertz CT molecular complexity index is 1690. The molecule has 4 aromatic rings. The van der Waals surface area contributed by atoms with Crippen molar-refractivity contribution in [3.05, 3.63) is 58.5 Å². The van der Waals surface area contributed by atoms with Gasteiger partial charge in [-0.15, -0.1) is 0 Å². The van der Waals surface area contributed by atoms with Gasteiger partial charge in [0.05, 0.1) is 11.4 Å². The number of hydrogen-bond acceptors (Lipinski definition) is 8. The summed E-state index contributed by atoms with van der Waals surface area (Å²) in [4.78, 5) is 28.6.